The molecule has 10 heteroatoms. The predicted octanol–water partition coefficient (Wildman–Crippen LogP) is 2.18. The van der Waals surface area contributed by atoms with Crippen molar-refractivity contribution in [2.45, 2.75) is 26.2 Å². The van der Waals surface area contributed by atoms with E-state index in [9.17, 15) is 19.7 Å². The van der Waals surface area contributed by atoms with Crippen molar-refractivity contribution in [3.63, 3.8) is 0 Å². The first-order valence-electron chi connectivity index (χ1n) is 7.96. The van der Waals surface area contributed by atoms with E-state index in [1.165, 1.54) is 11.0 Å². The number of rotatable bonds is 4. The summed E-state index contributed by atoms with van der Waals surface area (Å²) in [5, 5.41) is 17.1. The number of nitrogens with one attached hydrogen (secondary N) is 1. The van der Waals surface area contributed by atoms with E-state index in [1.807, 2.05) is 20.8 Å². The van der Waals surface area contributed by atoms with Gasteiger partial charge in [0.1, 0.15) is 4.92 Å². The molecule has 3 heterocycles. The molecule has 0 spiro atoms. The van der Waals surface area contributed by atoms with Crippen LogP contribution in [0, 0.1) is 16.0 Å². The molecule has 1 saturated heterocycles. The number of furan rings is 1. The number of amides is 2. The number of carbonyl (C=O) groups is 2. The minimum absolute atomic E-state index is 0.124. The van der Waals surface area contributed by atoms with Crippen LogP contribution in [-0.4, -0.2) is 39.9 Å². The lowest BCUT2D eigenvalue weighted by molar-refractivity contribution is -0.402. The van der Waals surface area contributed by atoms with Crippen molar-refractivity contribution in [2.24, 2.45) is 5.92 Å². The molecule has 1 aliphatic rings. The van der Waals surface area contributed by atoms with Gasteiger partial charge in [0.2, 0.25) is 11.8 Å². The number of nitro groups is 1. The molecule has 1 fully saturated rings. The quantitative estimate of drug-likeness (QED) is 0.651. The lowest BCUT2D eigenvalue weighted by Gasteiger charge is -2.37. The third-order valence-corrected chi connectivity index (χ3v) is 4.05. The molecule has 0 radical (unpaired) electrons. The van der Waals surface area contributed by atoms with Gasteiger partial charge in [0.15, 0.2) is 5.76 Å². The lowest BCUT2D eigenvalue weighted by atomic mass is 9.92. The molecule has 0 unspecified atom stereocenters. The van der Waals surface area contributed by atoms with Gasteiger partial charge in [-0.2, -0.15) is 0 Å². The van der Waals surface area contributed by atoms with Crippen molar-refractivity contribution in [1.82, 2.24) is 10.1 Å². The van der Waals surface area contributed by atoms with Gasteiger partial charge in [0.05, 0.1) is 17.7 Å². The van der Waals surface area contributed by atoms with E-state index >= 15 is 0 Å². The number of nitrogens with zero attached hydrogens (tertiary/aromatic N) is 3. The highest BCUT2D eigenvalue weighted by molar-refractivity contribution is 5.96. The molecule has 0 aromatic carbocycles. The maximum atomic E-state index is 12.2. The summed E-state index contributed by atoms with van der Waals surface area (Å²) in [6, 6.07) is 4.03. The molecule has 1 aliphatic heterocycles. The van der Waals surface area contributed by atoms with Gasteiger partial charge in [-0.05, 0) is 6.07 Å². The highest BCUT2D eigenvalue weighted by Gasteiger charge is 2.38. The minimum Gasteiger partial charge on any atom is -0.395 e. The Morgan fingerprint density at radius 2 is 2.04 bits per heavy atom. The first-order chi connectivity index (χ1) is 12.1. The van der Waals surface area contributed by atoms with Crippen LogP contribution in [0.25, 0.3) is 0 Å². The Bertz CT molecular complexity index is 856. The molecule has 1 N–H and O–H groups in total. The molecule has 0 aliphatic carbocycles. The van der Waals surface area contributed by atoms with Crippen molar-refractivity contribution in [2.75, 3.05) is 18.4 Å². The average Bonchev–Trinajstić information content (AvgIpc) is 3.13. The Hall–Kier alpha value is -3.17. The van der Waals surface area contributed by atoms with Gasteiger partial charge in [0.25, 0.3) is 5.91 Å². The van der Waals surface area contributed by atoms with Crippen LogP contribution in [0.4, 0.5) is 11.8 Å². The third-order valence-electron chi connectivity index (χ3n) is 4.05. The van der Waals surface area contributed by atoms with Crippen LogP contribution in [0.2, 0.25) is 0 Å². The van der Waals surface area contributed by atoms with Crippen molar-refractivity contribution < 1.29 is 23.5 Å². The fraction of sp³-hybridized carbons (Fsp3) is 0.438. The molecule has 0 bridgehead atoms. The minimum atomic E-state index is -0.716. The summed E-state index contributed by atoms with van der Waals surface area (Å²) >= 11 is 0. The molecule has 2 aromatic rings. The largest absolute Gasteiger partial charge is 0.433 e. The molecular formula is C16H18N4O6. The van der Waals surface area contributed by atoms with Crippen LogP contribution >= 0.6 is 0 Å². The molecule has 26 heavy (non-hydrogen) atoms. The van der Waals surface area contributed by atoms with E-state index in [0.717, 1.165) is 11.8 Å². The zero-order chi connectivity index (χ0) is 19.1. The van der Waals surface area contributed by atoms with Crippen molar-refractivity contribution in [1.29, 1.82) is 0 Å². The van der Waals surface area contributed by atoms with Crippen molar-refractivity contribution >= 4 is 23.6 Å². The number of aromatic nitrogens is 1. The van der Waals surface area contributed by atoms with Crippen LogP contribution in [0.1, 0.15) is 37.0 Å². The molecule has 2 aromatic heterocycles. The number of hydrogen-bond donors (Lipinski definition) is 1. The predicted molar refractivity (Wildman–Crippen MR) is 88.6 cm³/mol. The molecule has 0 atom stereocenters. The van der Waals surface area contributed by atoms with Crippen LogP contribution in [0.5, 0.6) is 0 Å². The van der Waals surface area contributed by atoms with Gasteiger partial charge < -0.3 is 13.8 Å². The fourth-order valence-electron chi connectivity index (χ4n) is 2.42. The maximum Gasteiger partial charge on any atom is 0.433 e. The van der Waals surface area contributed by atoms with Crippen LogP contribution in [0.15, 0.2) is 27.1 Å². The SMILES string of the molecule is CC(C)(C)c1cc(NC(=O)C2CN(C(=O)c3ccc([N+](=O)[O-])o3)C2)on1. The van der Waals surface area contributed by atoms with Gasteiger partial charge >= 0.3 is 5.88 Å². The number of anilines is 1. The van der Waals surface area contributed by atoms with Crippen molar-refractivity contribution in [3.8, 4) is 0 Å². The Labute approximate surface area is 148 Å². The second-order valence-corrected chi connectivity index (χ2v) is 7.12. The second-order valence-electron chi connectivity index (χ2n) is 7.12. The summed E-state index contributed by atoms with van der Waals surface area (Å²) < 4.78 is 9.98. The monoisotopic (exact) mass is 362 g/mol. The molecule has 10 nitrogen and oxygen atoms in total. The molecule has 3 rings (SSSR count). The fourth-order valence-corrected chi connectivity index (χ4v) is 2.42. The molecule has 2 amide bonds. The van der Waals surface area contributed by atoms with Gasteiger partial charge in [-0.15, -0.1) is 0 Å². The zero-order valence-corrected chi connectivity index (χ0v) is 14.5. The summed E-state index contributed by atoms with van der Waals surface area (Å²) in [5.41, 5.74) is 0.523. The molecule has 0 saturated carbocycles. The van der Waals surface area contributed by atoms with Gasteiger partial charge in [-0.3, -0.25) is 25.0 Å². The highest BCUT2D eigenvalue weighted by atomic mass is 16.6. The Kier molecular flexibility index (Phi) is 4.26. The smallest absolute Gasteiger partial charge is 0.395 e. The number of hydrogen-bond acceptors (Lipinski definition) is 7. The van der Waals surface area contributed by atoms with E-state index in [4.69, 9.17) is 8.94 Å². The highest BCUT2D eigenvalue weighted by Crippen LogP contribution is 2.26. The topological polar surface area (TPSA) is 132 Å². The Balaban J connectivity index is 1.54. The van der Waals surface area contributed by atoms with E-state index in [2.05, 4.69) is 10.5 Å². The van der Waals surface area contributed by atoms with E-state index in [1.54, 1.807) is 6.07 Å². The van der Waals surface area contributed by atoms with Crippen LogP contribution < -0.4 is 5.32 Å². The summed E-state index contributed by atoms with van der Waals surface area (Å²) in [7, 11) is 0. The Morgan fingerprint density at radius 1 is 1.35 bits per heavy atom. The summed E-state index contributed by atoms with van der Waals surface area (Å²) in [6.45, 7) is 6.32. The summed E-state index contributed by atoms with van der Waals surface area (Å²) in [4.78, 5) is 35.6. The van der Waals surface area contributed by atoms with E-state index in [-0.39, 0.29) is 36.1 Å². The summed E-state index contributed by atoms with van der Waals surface area (Å²) in [5.74, 6) is -1.53. The third kappa shape index (κ3) is 3.44. The van der Waals surface area contributed by atoms with Crippen LogP contribution in [0.3, 0.4) is 0 Å². The lowest BCUT2D eigenvalue weighted by Crippen LogP contribution is -2.54. The van der Waals surface area contributed by atoms with Gasteiger partial charge in [-0.1, -0.05) is 25.9 Å². The normalized spacial score (nSPS) is 14.8. The first-order valence-corrected chi connectivity index (χ1v) is 7.96. The van der Waals surface area contributed by atoms with Gasteiger partial charge in [-0.25, -0.2) is 0 Å². The standard InChI is InChI=1S/C16H18N4O6/c1-16(2,3)11-6-12(26-18-11)17-14(21)9-7-19(8-9)15(22)10-4-5-13(25-10)20(23)24/h4-6,9H,7-8H2,1-3H3,(H,17,21). The van der Waals surface area contributed by atoms with Gasteiger partial charge in [0, 0.05) is 24.6 Å². The zero-order valence-electron chi connectivity index (χ0n) is 14.5. The van der Waals surface area contributed by atoms with Crippen molar-refractivity contribution in [3.05, 3.63) is 39.8 Å². The van der Waals surface area contributed by atoms with Crippen LogP contribution in [-0.2, 0) is 10.2 Å². The molecular weight excluding hydrogens is 344 g/mol. The first kappa shape index (κ1) is 17.6. The molecule has 138 valence electrons. The van der Waals surface area contributed by atoms with E-state index in [0.29, 0.717) is 0 Å². The number of carbonyl (C=O) groups excluding carboxylic acids is 2. The number of likely N-dealkylation sites (tertiary alicyclic amines) is 1. The summed E-state index contributed by atoms with van der Waals surface area (Å²) in [6.07, 6.45) is 0. The average molecular weight is 362 g/mol. The second kappa shape index (κ2) is 6.28. The maximum absolute atomic E-state index is 12.2. The van der Waals surface area contributed by atoms with E-state index < -0.39 is 22.6 Å². The Morgan fingerprint density at radius 3 is 2.58 bits per heavy atom.